The van der Waals surface area contributed by atoms with E-state index in [9.17, 15) is 25.0 Å². The molecule has 11 heteroatoms. The molecule has 0 saturated carbocycles. The molecule has 2 aromatic rings. The van der Waals surface area contributed by atoms with Gasteiger partial charge in [-0.3, -0.25) is 29.7 Å². The van der Waals surface area contributed by atoms with Crippen LogP contribution in [0.3, 0.4) is 0 Å². The molecule has 0 spiro atoms. The van der Waals surface area contributed by atoms with Gasteiger partial charge in [0.25, 0.3) is 17.3 Å². The fourth-order valence-corrected chi connectivity index (χ4v) is 2.15. The van der Waals surface area contributed by atoms with Crippen LogP contribution >= 0.6 is 0 Å². The minimum atomic E-state index is -0.752. The topological polar surface area (TPSA) is 146 Å². The fraction of sp³-hybridized carbons (Fsp3) is 0.308. The van der Waals surface area contributed by atoms with Crippen LogP contribution in [0.25, 0.3) is 0 Å². The number of amides is 1. The van der Waals surface area contributed by atoms with Crippen LogP contribution < -0.4 is 5.32 Å². The number of aromatic nitrogens is 3. The van der Waals surface area contributed by atoms with Crippen molar-refractivity contribution in [2.24, 2.45) is 0 Å². The lowest BCUT2D eigenvalue weighted by molar-refractivity contribution is -0.395. The SMILES string of the molecule is Cc1c([N+](=O)[O-])cc(C(=O)NC(C)Cn2cncn2)cc1[N+](=O)[O-]. The summed E-state index contributed by atoms with van der Waals surface area (Å²) in [6.45, 7) is 3.31. The van der Waals surface area contributed by atoms with Gasteiger partial charge in [-0.25, -0.2) is 4.98 Å². The monoisotopic (exact) mass is 334 g/mol. The second-order valence-electron chi connectivity index (χ2n) is 5.15. The molecule has 11 nitrogen and oxygen atoms in total. The molecular weight excluding hydrogens is 320 g/mol. The highest BCUT2D eigenvalue weighted by Crippen LogP contribution is 2.29. The molecule has 2 rings (SSSR count). The second kappa shape index (κ2) is 6.81. The summed E-state index contributed by atoms with van der Waals surface area (Å²) in [6, 6.07) is 1.69. The molecule has 0 saturated heterocycles. The number of carbonyl (C=O) groups is 1. The standard InChI is InChI=1S/C13H14N6O5/c1-8(5-17-7-14-6-15-17)16-13(20)10-3-11(18(21)22)9(2)12(4-10)19(23)24/h3-4,6-8H,5H2,1-2H3,(H,16,20). The van der Waals surface area contributed by atoms with E-state index in [0.29, 0.717) is 6.54 Å². The number of benzene rings is 1. The zero-order valence-corrected chi connectivity index (χ0v) is 12.9. The molecule has 0 bridgehead atoms. The molecule has 1 heterocycles. The lowest BCUT2D eigenvalue weighted by Gasteiger charge is -2.13. The van der Waals surface area contributed by atoms with Crippen molar-refractivity contribution in [3.63, 3.8) is 0 Å². The quantitative estimate of drug-likeness (QED) is 0.617. The first kappa shape index (κ1) is 17.0. The molecule has 0 radical (unpaired) electrons. The van der Waals surface area contributed by atoms with Crippen molar-refractivity contribution in [2.45, 2.75) is 26.4 Å². The van der Waals surface area contributed by atoms with Crippen molar-refractivity contribution in [3.8, 4) is 0 Å². The second-order valence-corrected chi connectivity index (χ2v) is 5.15. The maximum Gasteiger partial charge on any atom is 0.279 e. The molecule has 1 unspecified atom stereocenters. The van der Waals surface area contributed by atoms with Gasteiger partial charge in [0.2, 0.25) is 0 Å². The summed E-state index contributed by atoms with van der Waals surface area (Å²) in [5.41, 5.74) is -1.20. The lowest BCUT2D eigenvalue weighted by Crippen LogP contribution is -2.35. The van der Waals surface area contributed by atoms with Crippen molar-refractivity contribution in [2.75, 3.05) is 0 Å². The first-order valence-corrected chi connectivity index (χ1v) is 6.86. The first-order chi connectivity index (χ1) is 11.3. The third kappa shape index (κ3) is 3.69. The number of nitro groups is 2. The van der Waals surface area contributed by atoms with Gasteiger partial charge in [0.1, 0.15) is 18.2 Å². The minimum absolute atomic E-state index is 0.0998. The Morgan fingerprint density at radius 2 is 1.88 bits per heavy atom. The number of hydrogen-bond acceptors (Lipinski definition) is 7. The highest BCUT2D eigenvalue weighted by molar-refractivity contribution is 5.96. The maximum atomic E-state index is 12.2. The molecule has 1 aromatic heterocycles. The molecule has 126 valence electrons. The van der Waals surface area contributed by atoms with Gasteiger partial charge in [0, 0.05) is 18.2 Å². The van der Waals surface area contributed by atoms with Crippen molar-refractivity contribution in [1.82, 2.24) is 20.1 Å². The zero-order chi connectivity index (χ0) is 17.9. The lowest BCUT2D eigenvalue weighted by atomic mass is 10.1. The van der Waals surface area contributed by atoms with E-state index in [4.69, 9.17) is 0 Å². The highest BCUT2D eigenvalue weighted by Gasteiger charge is 2.25. The van der Waals surface area contributed by atoms with Crippen molar-refractivity contribution in [3.05, 3.63) is 56.1 Å². The molecule has 0 aliphatic carbocycles. The molecule has 1 atom stereocenters. The van der Waals surface area contributed by atoms with Crippen LogP contribution in [-0.4, -0.2) is 36.6 Å². The van der Waals surface area contributed by atoms with Crippen molar-refractivity contribution >= 4 is 17.3 Å². The highest BCUT2D eigenvalue weighted by atomic mass is 16.6. The van der Waals surface area contributed by atoms with Gasteiger partial charge >= 0.3 is 0 Å². The minimum Gasteiger partial charge on any atom is -0.348 e. The Balaban J connectivity index is 2.25. The number of nitrogens with one attached hydrogen (secondary N) is 1. The fourth-order valence-electron chi connectivity index (χ4n) is 2.15. The predicted octanol–water partition coefficient (Wildman–Crippen LogP) is 1.22. The van der Waals surface area contributed by atoms with E-state index in [0.717, 1.165) is 12.1 Å². The van der Waals surface area contributed by atoms with E-state index < -0.39 is 27.1 Å². The summed E-state index contributed by atoms with van der Waals surface area (Å²) in [6.07, 6.45) is 2.82. The van der Waals surface area contributed by atoms with Crippen LogP contribution in [0.2, 0.25) is 0 Å². The van der Waals surface area contributed by atoms with Gasteiger partial charge in [0.15, 0.2) is 0 Å². The van der Waals surface area contributed by atoms with E-state index in [1.54, 1.807) is 6.92 Å². The summed E-state index contributed by atoms with van der Waals surface area (Å²) < 4.78 is 1.50. The summed E-state index contributed by atoms with van der Waals surface area (Å²) in [5, 5.41) is 28.6. The summed E-state index contributed by atoms with van der Waals surface area (Å²) >= 11 is 0. The Labute approximate surface area is 135 Å². The molecule has 0 aliphatic heterocycles. The van der Waals surface area contributed by atoms with Crippen LogP contribution in [0, 0.1) is 27.2 Å². The van der Waals surface area contributed by atoms with Crippen LogP contribution in [0.1, 0.15) is 22.8 Å². The van der Waals surface area contributed by atoms with Crippen LogP contribution in [0.5, 0.6) is 0 Å². The Kier molecular flexibility index (Phi) is 4.82. The molecular formula is C13H14N6O5. The Hall–Kier alpha value is -3.37. The van der Waals surface area contributed by atoms with E-state index >= 15 is 0 Å². The Morgan fingerprint density at radius 3 is 2.33 bits per heavy atom. The predicted molar refractivity (Wildman–Crippen MR) is 81.4 cm³/mol. The maximum absolute atomic E-state index is 12.2. The van der Waals surface area contributed by atoms with E-state index in [-0.39, 0.29) is 17.2 Å². The molecule has 1 N–H and O–H groups in total. The molecule has 0 aliphatic rings. The summed E-state index contributed by atoms with van der Waals surface area (Å²) in [4.78, 5) is 36.6. The zero-order valence-electron chi connectivity index (χ0n) is 12.9. The van der Waals surface area contributed by atoms with Gasteiger partial charge in [-0.15, -0.1) is 0 Å². The molecule has 0 fully saturated rings. The van der Waals surface area contributed by atoms with Crippen molar-refractivity contribution in [1.29, 1.82) is 0 Å². The summed E-state index contributed by atoms with van der Waals surface area (Å²) in [5.74, 6) is -0.645. The number of nitrogens with zero attached hydrogens (tertiary/aromatic N) is 5. The summed E-state index contributed by atoms with van der Waals surface area (Å²) in [7, 11) is 0. The van der Waals surface area contributed by atoms with E-state index in [2.05, 4.69) is 15.4 Å². The van der Waals surface area contributed by atoms with Crippen molar-refractivity contribution < 1.29 is 14.6 Å². The van der Waals surface area contributed by atoms with Gasteiger partial charge in [-0.05, 0) is 13.8 Å². The van der Waals surface area contributed by atoms with Crippen LogP contribution in [-0.2, 0) is 6.54 Å². The molecule has 1 amide bonds. The number of rotatable bonds is 6. The average molecular weight is 334 g/mol. The van der Waals surface area contributed by atoms with Gasteiger partial charge < -0.3 is 5.32 Å². The van der Waals surface area contributed by atoms with Gasteiger partial charge in [-0.2, -0.15) is 5.10 Å². The number of carbonyl (C=O) groups excluding carboxylic acids is 1. The Morgan fingerprint density at radius 1 is 1.29 bits per heavy atom. The normalized spacial score (nSPS) is 11.8. The number of hydrogen-bond donors (Lipinski definition) is 1. The first-order valence-electron chi connectivity index (χ1n) is 6.86. The largest absolute Gasteiger partial charge is 0.348 e. The smallest absolute Gasteiger partial charge is 0.279 e. The Bertz CT molecular complexity index is 753. The van der Waals surface area contributed by atoms with E-state index in [1.807, 2.05) is 0 Å². The third-order valence-electron chi connectivity index (χ3n) is 3.31. The number of nitro benzene ring substituents is 2. The van der Waals surface area contributed by atoms with Crippen LogP contribution in [0.15, 0.2) is 24.8 Å². The van der Waals surface area contributed by atoms with E-state index in [1.165, 1.54) is 24.3 Å². The third-order valence-corrected chi connectivity index (χ3v) is 3.31. The average Bonchev–Trinajstić information content (AvgIpc) is 2.99. The molecule has 1 aromatic carbocycles. The van der Waals surface area contributed by atoms with Gasteiger partial charge in [0.05, 0.1) is 22.0 Å². The molecule has 24 heavy (non-hydrogen) atoms. The van der Waals surface area contributed by atoms with Crippen LogP contribution in [0.4, 0.5) is 11.4 Å². The van der Waals surface area contributed by atoms with Gasteiger partial charge in [-0.1, -0.05) is 0 Å².